The van der Waals surface area contributed by atoms with Crippen molar-refractivity contribution in [3.05, 3.63) is 84.4 Å². The van der Waals surface area contributed by atoms with E-state index in [1.54, 1.807) is 36.1 Å². The molecule has 0 atom stereocenters. The number of hydrogen-bond acceptors (Lipinski definition) is 7. The van der Waals surface area contributed by atoms with Crippen molar-refractivity contribution in [3.63, 3.8) is 0 Å². The molecule has 4 aromatic rings. The van der Waals surface area contributed by atoms with Crippen LogP contribution in [-0.2, 0) is 0 Å². The monoisotopic (exact) mass is 418 g/mol. The summed E-state index contributed by atoms with van der Waals surface area (Å²) >= 11 is 1.28. The van der Waals surface area contributed by atoms with E-state index in [1.807, 2.05) is 54.6 Å². The van der Waals surface area contributed by atoms with E-state index >= 15 is 0 Å². The van der Waals surface area contributed by atoms with Crippen LogP contribution in [0.25, 0.3) is 5.69 Å². The van der Waals surface area contributed by atoms with Crippen LogP contribution in [0.15, 0.2) is 84.0 Å². The molecular formula is C22H18N4O3S. The maximum atomic E-state index is 12.6. The first kappa shape index (κ1) is 19.7. The van der Waals surface area contributed by atoms with E-state index in [9.17, 15) is 4.79 Å². The molecule has 0 radical (unpaired) electrons. The molecule has 0 aliphatic heterocycles. The molecule has 3 aromatic carbocycles. The highest BCUT2D eigenvalue weighted by atomic mass is 32.2. The number of para-hydroxylation sites is 1. The summed E-state index contributed by atoms with van der Waals surface area (Å²) in [5, 5.41) is 12.3. The van der Waals surface area contributed by atoms with Crippen molar-refractivity contribution >= 4 is 17.5 Å². The Morgan fingerprint density at radius 2 is 1.57 bits per heavy atom. The number of nitrogens with zero attached hydrogens (tertiary/aromatic N) is 4. The Kier molecular flexibility index (Phi) is 6.05. The third kappa shape index (κ3) is 4.66. The molecule has 1 aromatic heterocycles. The Labute approximate surface area is 177 Å². The molecule has 0 aliphatic carbocycles. The summed E-state index contributed by atoms with van der Waals surface area (Å²) in [6, 6.07) is 23.9. The Bertz CT molecular complexity index is 1110. The van der Waals surface area contributed by atoms with Gasteiger partial charge in [0.15, 0.2) is 5.78 Å². The summed E-state index contributed by atoms with van der Waals surface area (Å²) in [6.45, 7) is 0. The topological polar surface area (TPSA) is 79.1 Å². The first-order valence-corrected chi connectivity index (χ1v) is 10.1. The lowest BCUT2D eigenvalue weighted by atomic mass is 10.1. The number of rotatable bonds is 8. The number of ether oxygens (including phenoxy) is 2. The lowest BCUT2D eigenvalue weighted by molar-refractivity contribution is 0.102. The predicted octanol–water partition coefficient (Wildman–Crippen LogP) is 4.44. The zero-order chi connectivity index (χ0) is 20.8. The molecule has 0 fully saturated rings. The van der Waals surface area contributed by atoms with Crippen molar-refractivity contribution in [3.8, 4) is 22.9 Å². The maximum Gasteiger partial charge on any atom is 0.214 e. The van der Waals surface area contributed by atoms with Gasteiger partial charge in [0.25, 0.3) is 0 Å². The van der Waals surface area contributed by atoms with Crippen molar-refractivity contribution in [2.24, 2.45) is 0 Å². The first-order chi connectivity index (χ1) is 14.7. The average molecular weight is 418 g/mol. The van der Waals surface area contributed by atoms with Gasteiger partial charge in [0, 0.05) is 5.56 Å². The number of ketones is 1. The second-order valence-corrected chi connectivity index (χ2v) is 7.17. The molecular weight excluding hydrogens is 400 g/mol. The zero-order valence-corrected chi connectivity index (χ0v) is 17.0. The summed E-state index contributed by atoms with van der Waals surface area (Å²) in [7, 11) is 1.61. The van der Waals surface area contributed by atoms with E-state index in [4.69, 9.17) is 9.47 Å². The minimum Gasteiger partial charge on any atom is -0.497 e. The lowest BCUT2D eigenvalue weighted by Crippen LogP contribution is -2.05. The van der Waals surface area contributed by atoms with Crippen LogP contribution in [0.4, 0.5) is 0 Å². The number of methoxy groups -OCH3 is 1. The number of carbonyl (C=O) groups excluding carboxylic acids is 1. The molecule has 0 bridgehead atoms. The third-order valence-electron chi connectivity index (χ3n) is 4.25. The van der Waals surface area contributed by atoms with Crippen molar-refractivity contribution in [2.75, 3.05) is 12.9 Å². The smallest absolute Gasteiger partial charge is 0.214 e. The highest BCUT2D eigenvalue weighted by Gasteiger charge is 2.13. The van der Waals surface area contributed by atoms with Gasteiger partial charge in [-0.25, -0.2) is 0 Å². The van der Waals surface area contributed by atoms with Gasteiger partial charge in [-0.1, -0.05) is 30.0 Å². The van der Waals surface area contributed by atoms with Gasteiger partial charge in [0.2, 0.25) is 5.16 Å². The molecule has 150 valence electrons. The third-order valence-corrected chi connectivity index (χ3v) is 5.16. The van der Waals surface area contributed by atoms with E-state index in [0.29, 0.717) is 16.5 Å². The van der Waals surface area contributed by atoms with Crippen LogP contribution in [0.2, 0.25) is 0 Å². The van der Waals surface area contributed by atoms with Crippen molar-refractivity contribution in [2.45, 2.75) is 5.16 Å². The predicted molar refractivity (Wildman–Crippen MR) is 114 cm³/mol. The molecule has 0 saturated heterocycles. The molecule has 0 N–H and O–H groups in total. The normalized spacial score (nSPS) is 10.6. The Morgan fingerprint density at radius 3 is 2.27 bits per heavy atom. The van der Waals surface area contributed by atoms with Crippen LogP contribution in [0.5, 0.6) is 17.2 Å². The van der Waals surface area contributed by atoms with Gasteiger partial charge in [-0.05, 0) is 71.1 Å². The maximum absolute atomic E-state index is 12.6. The molecule has 0 spiro atoms. The Balaban J connectivity index is 1.38. The first-order valence-electron chi connectivity index (χ1n) is 9.15. The number of carbonyl (C=O) groups is 1. The van der Waals surface area contributed by atoms with Crippen LogP contribution in [0.1, 0.15) is 10.4 Å². The van der Waals surface area contributed by atoms with Gasteiger partial charge < -0.3 is 9.47 Å². The summed E-state index contributed by atoms with van der Waals surface area (Å²) in [5.74, 6) is 2.37. The van der Waals surface area contributed by atoms with E-state index in [0.717, 1.165) is 17.2 Å². The average Bonchev–Trinajstić information content (AvgIpc) is 3.27. The van der Waals surface area contributed by atoms with E-state index < -0.39 is 0 Å². The summed E-state index contributed by atoms with van der Waals surface area (Å²) in [4.78, 5) is 12.6. The number of hydrogen-bond donors (Lipinski definition) is 0. The molecule has 0 saturated carbocycles. The summed E-state index contributed by atoms with van der Waals surface area (Å²) in [6.07, 6.45) is 0. The van der Waals surface area contributed by atoms with Gasteiger partial charge in [-0.3, -0.25) is 4.79 Å². The number of thioether (sulfide) groups is 1. The van der Waals surface area contributed by atoms with Crippen LogP contribution >= 0.6 is 11.8 Å². The van der Waals surface area contributed by atoms with Gasteiger partial charge >= 0.3 is 0 Å². The van der Waals surface area contributed by atoms with Crippen LogP contribution in [0.3, 0.4) is 0 Å². The highest BCUT2D eigenvalue weighted by molar-refractivity contribution is 7.99. The Hall–Kier alpha value is -3.65. The lowest BCUT2D eigenvalue weighted by Gasteiger charge is -2.07. The highest BCUT2D eigenvalue weighted by Crippen LogP contribution is 2.23. The molecule has 4 rings (SSSR count). The minimum absolute atomic E-state index is 0.0180. The molecule has 1 heterocycles. The van der Waals surface area contributed by atoms with Crippen molar-refractivity contribution < 1.29 is 14.3 Å². The Morgan fingerprint density at radius 1 is 0.900 bits per heavy atom. The molecule has 0 unspecified atom stereocenters. The zero-order valence-electron chi connectivity index (χ0n) is 16.1. The van der Waals surface area contributed by atoms with Gasteiger partial charge in [-0.15, -0.1) is 5.10 Å². The number of tetrazole rings is 1. The fourth-order valence-electron chi connectivity index (χ4n) is 2.70. The molecule has 0 aliphatic rings. The van der Waals surface area contributed by atoms with E-state index in [2.05, 4.69) is 15.5 Å². The molecule has 8 heteroatoms. The molecule has 30 heavy (non-hydrogen) atoms. The van der Waals surface area contributed by atoms with Gasteiger partial charge in [0.1, 0.15) is 17.2 Å². The van der Waals surface area contributed by atoms with Gasteiger partial charge in [-0.2, -0.15) is 4.68 Å². The largest absolute Gasteiger partial charge is 0.497 e. The van der Waals surface area contributed by atoms with Crippen molar-refractivity contribution in [1.82, 2.24) is 20.2 Å². The summed E-state index contributed by atoms with van der Waals surface area (Å²) < 4.78 is 12.5. The summed E-state index contributed by atoms with van der Waals surface area (Å²) in [5.41, 5.74) is 1.39. The molecule has 7 nitrogen and oxygen atoms in total. The minimum atomic E-state index is -0.0180. The van der Waals surface area contributed by atoms with Crippen LogP contribution < -0.4 is 9.47 Å². The number of aromatic nitrogens is 4. The standard InChI is InChI=1S/C22H18N4O3S/c1-28-18-13-9-17(10-14-18)26-22(23-24-25-26)30-15-21(27)16-7-11-20(12-8-16)29-19-5-3-2-4-6-19/h2-14H,15H2,1H3. The SMILES string of the molecule is COc1ccc(-n2nnnc2SCC(=O)c2ccc(Oc3ccccc3)cc2)cc1. The fraction of sp³-hybridized carbons (Fsp3) is 0.0909. The number of Topliss-reactive ketones (excluding diaryl/α,β-unsaturated/α-hetero) is 1. The van der Waals surface area contributed by atoms with Crippen LogP contribution in [0, 0.1) is 0 Å². The second-order valence-electron chi connectivity index (χ2n) is 6.22. The molecule has 0 amide bonds. The second kappa shape index (κ2) is 9.23. The van der Waals surface area contributed by atoms with E-state index in [1.165, 1.54) is 11.8 Å². The van der Waals surface area contributed by atoms with Crippen LogP contribution in [-0.4, -0.2) is 38.9 Å². The quantitative estimate of drug-likeness (QED) is 0.309. The fourth-order valence-corrected chi connectivity index (χ4v) is 3.49. The van der Waals surface area contributed by atoms with E-state index in [-0.39, 0.29) is 11.5 Å². The van der Waals surface area contributed by atoms with Crippen molar-refractivity contribution in [1.29, 1.82) is 0 Å². The number of benzene rings is 3. The van der Waals surface area contributed by atoms with Gasteiger partial charge in [0.05, 0.1) is 18.6 Å².